The van der Waals surface area contributed by atoms with Gasteiger partial charge in [-0.05, 0) is 76.4 Å². The lowest BCUT2D eigenvalue weighted by molar-refractivity contribution is -0.172. The van der Waals surface area contributed by atoms with E-state index in [0.717, 1.165) is 48.2 Å². The van der Waals surface area contributed by atoms with Gasteiger partial charge < -0.3 is 28.9 Å². The Bertz CT molecular complexity index is 1800. The van der Waals surface area contributed by atoms with Crippen molar-refractivity contribution in [3.05, 3.63) is 56.9 Å². The van der Waals surface area contributed by atoms with E-state index in [2.05, 4.69) is 9.89 Å². The highest BCUT2D eigenvalue weighted by atomic mass is 16.6. The molecule has 45 heavy (non-hydrogen) atoms. The molecule has 11 nitrogen and oxygen atoms in total. The molecule has 1 N–H and O–H groups in total. The molecule has 6 heterocycles. The summed E-state index contributed by atoms with van der Waals surface area (Å²) in [7, 11) is 1.71. The molecule has 1 amide bonds. The number of likely N-dealkylation sites (tertiary alicyclic amines) is 2. The monoisotopic (exact) mass is 613 g/mol. The molecule has 236 valence electrons. The van der Waals surface area contributed by atoms with Crippen molar-refractivity contribution in [2.75, 3.05) is 33.2 Å². The molecule has 1 atom stereocenters. The Labute approximate surface area is 261 Å². The van der Waals surface area contributed by atoms with Crippen LogP contribution in [0.2, 0.25) is 0 Å². The molecular formula is C34H39N5O6. The number of aliphatic imine (C=N–C) groups is 1. The lowest BCUT2D eigenvalue weighted by Crippen LogP contribution is -2.48. The Morgan fingerprint density at radius 2 is 1.87 bits per heavy atom. The Morgan fingerprint density at radius 1 is 1.11 bits per heavy atom. The number of pyridine rings is 2. The Balaban J connectivity index is 1.21. The van der Waals surface area contributed by atoms with Crippen LogP contribution in [-0.2, 0) is 28.3 Å². The first kappa shape index (κ1) is 29.6. The van der Waals surface area contributed by atoms with Gasteiger partial charge in [0, 0.05) is 54.0 Å². The van der Waals surface area contributed by atoms with Gasteiger partial charge in [0.1, 0.15) is 12.4 Å². The average molecular weight is 614 g/mol. The minimum Gasteiger partial charge on any atom is -0.458 e. The lowest BCUT2D eigenvalue weighted by Gasteiger charge is -2.39. The summed E-state index contributed by atoms with van der Waals surface area (Å²) in [6.07, 6.45) is 5.46. The summed E-state index contributed by atoms with van der Waals surface area (Å²) in [5.41, 5.74) is 2.48. The zero-order valence-corrected chi connectivity index (χ0v) is 26.1. The number of piperidine rings is 2. The van der Waals surface area contributed by atoms with Gasteiger partial charge in [0.2, 0.25) is 0 Å². The number of hydrogen-bond acceptors (Lipinski definition) is 9. The zero-order chi connectivity index (χ0) is 31.5. The van der Waals surface area contributed by atoms with Crippen LogP contribution in [0.1, 0.15) is 74.6 Å². The summed E-state index contributed by atoms with van der Waals surface area (Å²) >= 11 is 0. The maximum absolute atomic E-state index is 13.7. The smallest absolute Gasteiger partial charge is 0.415 e. The van der Waals surface area contributed by atoms with Crippen LogP contribution in [0.4, 0.5) is 4.79 Å². The van der Waals surface area contributed by atoms with Gasteiger partial charge in [0.05, 0.1) is 29.0 Å². The molecule has 4 aliphatic rings. The summed E-state index contributed by atoms with van der Waals surface area (Å²) < 4.78 is 12.7. The van der Waals surface area contributed by atoms with Gasteiger partial charge in [-0.25, -0.2) is 14.6 Å². The van der Waals surface area contributed by atoms with E-state index >= 15 is 0 Å². The van der Waals surface area contributed by atoms with E-state index in [0.29, 0.717) is 41.8 Å². The summed E-state index contributed by atoms with van der Waals surface area (Å²) in [6, 6.07) is 7.62. The summed E-state index contributed by atoms with van der Waals surface area (Å²) in [5, 5.41) is 12.0. The third-order valence-electron chi connectivity index (χ3n) is 10.2. The van der Waals surface area contributed by atoms with Crippen LogP contribution in [0.5, 0.6) is 5.75 Å². The van der Waals surface area contributed by atoms with E-state index in [1.54, 1.807) is 35.6 Å². The van der Waals surface area contributed by atoms with Crippen molar-refractivity contribution < 1.29 is 24.2 Å². The van der Waals surface area contributed by atoms with Gasteiger partial charge in [0.15, 0.2) is 5.60 Å². The second kappa shape index (κ2) is 11.4. The molecule has 0 aliphatic carbocycles. The quantitative estimate of drug-likeness (QED) is 0.271. The molecular weight excluding hydrogens is 574 g/mol. The normalized spacial score (nSPS) is 22.2. The number of benzene rings is 1. The maximum Gasteiger partial charge on any atom is 0.415 e. The Kier molecular flexibility index (Phi) is 7.48. The predicted octanol–water partition coefficient (Wildman–Crippen LogP) is 3.97. The standard InChI is InChI=1S/C34H39N5O6/c1-4-34(43)26-17-28-30-24(18-39(28)31(40)25(26)19-44-32(34)41)29(20(2)35-3)23-16-22(8-9-27(23)36-30)45-33(42)38-14-10-21(11-15-38)37-12-6-5-7-13-37/h8-9,16-17,21,43H,4-7,10-15,18-19H2,1-3H3/b35-20-/t34-/m0/s1. The highest BCUT2D eigenvalue weighted by molar-refractivity contribution is 6.12. The second-order valence-corrected chi connectivity index (χ2v) is 12.6. The number of amides is 1. The second-order valence-electron chi connectivity index (χ2n) is 12.6. The molecule has 2 fully saturated rings. The molecule has 4 aliphatic heterocycles. The fourth-order valence-electron chi connectivity index (χ4n) is 7.51. The van der Waals surface area contributed by atoms with Gasteiger partial charge in [-0.3, -0.25) is 9.79 Å². The first-order valence-electron chi connectivity index (χ1n) is 16.0. The van der Waals surface area contributed by atoms with Crippen LogP contribution in [-0.4, -0.2) is 81.5 Å². The molecule has 3 aromatic rings. The fraction of sp³-hybridized carbons (Fsp3) is 0.500. The minimum atomic E-state index is -1.90. The predicted molar refractivity (Wildman–Crippen MR) is 169 cm³/mol. The number of fused-ring (bicyclic) bond motifs is 5. The molecule has 2 saturated heterocycles. The van der Waals surface area contributed by atoms with E-state index in [-0.39, 0.29) is 42.4 Å². The number of nitrogens with zero attached hydrogens (tertiary/aromatic N) is 5. The number of hydrogen-bond donors (Lipinski definition) is 1. The number of rotatable bonds is 4. The van der Waals surface area contributed by atoms with Crippen LogP contribution in [0.25, 0.3) is 22.3 Å². The van der Waals surface area contributed by atoms with E-state index < -0.39 is 11.6 Å². The Hall–Kier alpha value is -4.09. The van der Waals surface area contributed by atoms with Crippen molar-refractivity contribution in [3.8, 4) is 17.1 Å². The average Bonchev–Trinajstić information content (AvgIpc) is 3.44. The van der Waals surface area contributed by atoms with Crippen molar-refractivity contribution in [1.82, 2.24) is 19.4 Å². The summed E-state index contributed by atoms with van der Waals surface area (Å²) in [5.74, 6) is -0.334. The molecule has 11 heteroatoms. The third-order valence-corrected chi connectivity index (χ3v) is 10.2. The summed E-state index contributed by atoms with van der Waals surface area (Å²) in [4.78, 5) is 53.3. The van der Waals surface area contributed by atoms with E-state index in [1.165, 1.54) is 19.3 Å². The van der Waals surface area contributed by atoms with Crippen molar-refractivity contribution in [3.63, 3.8) is 0 Å². The lowest BCUT2D eigenvalue weighted by atomic mass is 9.86. The van der Waals surface area contributed by atoms with E-state index in [1.807, 2.05) is 19.1 Å². The van der Waals surface area contributed by atoms with Gasteiger partial charge >= 0.3 is 12.1 Å². The van der Waals surface area contributed by atoms with Gasteiger partial charge in [0.25, 0.3) is 5.56 Å². The fourth-order valence-corrected chi connectivity index (χ4v) is 7.51. The molecule has 7 rings (SSSR count). The first-order valence-corrected chi connectivity index (χ1v) is 16.0. The van der Waals surface area contributed by atoms with Crippen molar-refractivity contribution in [1.29, 1.82) is 0 Å². The highest BCUT2D eigenvalue weighted by Crippen LogP contribution is 2.41. The number of carbonyl (C=O) groups is 2. The number of carbonyl (C=O) groups excluding carboxylic acids is 2. The Morgan fingerprint density at radius 3 is 2.58 bits per heavy atom. The van der Waals surface area contributed by atoms with E-state index in [4.69, 9.17) is 14.5 Å². The molecule has 0 saturated carbocycles. The molecule has 1 aromatic carbocycles. The highest BCUT2D eigenvalue weighted by Gasteiger charge is 2.45. The van der Waals surface area contributed by atoms with Gasteiger partial charge in [-0.15, -0.1) is 0 Å². The molecule has 2 aromatic heterocycles. The van der Waals surface area contributed by atoms with Crippen molar-refractivity contribution in [2.24, 2.45) is 4.99 Å². The first-order chi connectivity index (χ1) is 21.7. The van der Waals surface area contributed by atoms with E-state index in [9.17, 15) is 19.5 Å². The number of esters is 1. The number of ether oxygens (including phenoxy) is 2. The zero-order valence-electron chi connectivity index (χ0n) is 26.1. The van der Waals surface area contributed by atoms with Gasteiger partial charge in [-0.2, -0.15) is 0 Å². The SMILES string of the molecule is CC[C@@]1(O)C(=O)OCc2c1cc1n(c2=O)Cc2c-1nc1ccc(OC(=O)N3CCC(N4CCCCC4)CC3)cc1c2/C(C)=N\C. The minimum absolute atomic E-state index is 0.0739. The van der Waals surface area contributed by atoms with Crippen LogP contribution >= 0.6 is 0 Å². The summed E-state index contributed by atoms with van der Waals surface area (Å²) in [6.45, 7) is 7.31. The van der Waals surface area contributed by atoms with Crippen LogP contribution < -0.4 is 10.3 Å². The van der Waals surface area contributed by atoms with Crippen molar-refractivity contribution >= 4 is 28.7 Å². The van der Waals surface area contributed by atoms with Crippen LogP contribution in [0, 0.1) is 0 Å². The maximum atomic E-state index is 13.7. The molecule has 0 bridgehead atoms. The van der Waals surface area contributed by atoms with Crippen molar-refractivity contribution in [2.45, 2.75) is 77.2 Å². The molecule has 0 radical (unpaired) electrons. The number of aliphatic hydroxyl groups is 1. The topological polar surface area (TPSA) is 127 Å². The van der Waals surface area contributed by atoms with Crippen LogP contribution in [0.15, 0.2) is 34.1 Å². The number of aromatic nitrogens is 2. The third kappa shape index (κ3) is 4.84. The van der Waals surface area contributed by atoms with Gasteiger partial charge in [-0.1, -0.05) is 13.3 Å². The van der Waals surface area contributed by atoms with Crippen LogP contribution in [0.3, 0.4) is 0 Å². The number of cyclic esters (lactones) is 1. The molecule has 0 unspecified atom stereocenters. The molecule has 0 spiro atoms. The largest absolute Gasteiger partial charge is 0.458 e.